The minimum atomic E-state index is -0.232. The van der Waals surface area contributed by atoms with Crippen LogP contribution in [0.3, 0.4) is 0 Å². The Bertz CT molecular complexity index is 1260. The molecule has 1 fully saturated rings. The van der Waals surface area contributed by atoms with Crippen molar-refractivity contribution in [1.82, 2.24) is 4.90 Å². The number of fused-ring (bicyclic) bond motifs is 1. The zero-order chi connectivity index (χ0) is 23.5. The molecule has 0 unspecified atom stereocenters. The first-order valence-electron chi connectivity index (χ1n) is 11.3. The summed E-state index contributed by atoms with van der Waals surface area (Å²) in [6.45, 7) is 3.04. The lowest BCUT2D eigenvalue weighted by molar-refractivity contribution is -0.129. The van der Waals surface area contributed by atoms with Crippen LogP contribution >= 0.6 is 11.8 Å². The molecule has 6 heteroatoms. The van der Waals surface area contributed by atoms with Crippen LogP contribution in [0.4, 0.5) is 5.69 Å². The number of carbonyl (C=O) groups is 1. The fraction of sp³-hybridized carbons (Fsp3) is 0.214. The van der Waals surface area contributed by atoms with E-state index in [1.54, 1.807) is 16.7 Å². The van der Waals surface area contributed by atoms with Gasteiger partial charge in [-0.3, -0.25) is 9.69 Å². The Balaban J connectivity index is 1.34. The number of ether oxygens (including phenoxy) is 1. The smallest absolute Gasteiger partial charge is 0.229 e. The lowest BCUT2D eigenvalue weighted by Gasteiger charge is -2.42. The minimum Gasteiger partial charge on any atom is -0.489 e. The molecule has 0 saturated carbocycles. The summed E-state index contributed by atoms with van der Waals surface area (Å²) in [4.78, 5) is 17.1. The number of hydrogen-bond acceptors (Lipinski definition) is 5. The molecule has 34 heavy (non-hydrogen) atoms. The number of nitriles is 1. The number of carbonyl (C=O) groups excluding carboxylic acids is 1. The van der Waals surface area contributed by atoms with E-state index < -0.39 is 0 Å². The Morgan fingerprint density at radius 2 is 1.76 bits per heavy atom. The van der Waals surface area contributed by atoms with Crippen LogP contribution in [0.15, 0.2) is 89.5 Å². The quantitative estimate of drug-likeness (QED) is 0.475. The first-order valence-corrected chi connectivity index (χ1v) is 12.3. The van der Waals surface area contributed by atoms with Gasteiger partial charge in [-0.2, -0.15) is 5.26 Å². The zero-order valence-corrected chi connectivity index (χ0v) is 19.8. The van der Waals surface area contributed by atoms with Crippen LogP contribution in [-0.4, -0.2) is 23.4 Å². The topological polar surface area (TPSA) is 56.6 Å². The van der Waals surface area contributed by atoms with E-state index in [-0.39, 0.29) is 11.8 Å². The monoisotopic (exact) mass is 467 g/mol. The van der Waals surface area contributed by atoms with Crippen molar-refractivity contribution in [3.8, 4) is 11.8 Å². The summed E-state index contributed by atoms with van der Waals surface area (Å²) in [6.07, 6.45) is 0.290. The lowest BCUT2D eigenvalue weighted by Crippen LogP contribution is -2.47. The average Bonchev–Trinajstić information content (AvgIpc) is 2.88. The van der Waals surface area contributed by atoms with Crippen LogP contribution in [0, 0.1) is 18.3 Å². The minimum absolute atomic E-state index is 0.0502. The molecule has 0 N–H and O–H groups in total. The predicted molar refractivity (Wildman–Crippen MR) is 135 cm³/mol. The third-order valence-corrected chi connectivity index (χ3v) is 7.43. The molecule has 5 nitrogen and oxygen atoms in total. The lowest BCUT2D eigenvalue weighted by atomic mass is 9.86. The van der Waals surface area contributed by atoms with Gasteiger partial charge >= 0.3 is 0 Å². The van der Waals surface area contributed by atoms with E-state index in [1.165, 1.54) is 5.56 Å². The summed E-state index contributed by atoms with van der Waals surface area (Å²) in [6, 6.07) is 28.4. The van der Waals surface area contributed by atoms with Crippen molar-refractivity contribution in [1.29, 1.82) is 5.26 Å². The van der Waals surface area contributed by atoms with E-state index in [0.717, 1.165) is 27.6 Å². The van der Waals surface area contributed by atoms with Crippen LogP contribution in [0.5, 0.6) is 5.75 Å². The second-order valence-electron chi connectivity index (χ2n) is 8.49. The average molecular weight is 468 g/mol. The molecule has 0 radical (unpaired) electrons. The van der Waals surface area contributed by atoms with Gasteiger partial charge in [0.25, 0.3) is 0 Å². The Morgan fingerprint density at radius 3 is 2.50 bits per heavy atom. The second kappa shape index (κ2) is 9.66. The Kier molecular flexibility index (Phi) is 6.29. The Labute approximate surface area is 204 Å². The summed E-state index contributed by atoms with van der Waals surface area (Å²) < 4.78 is 5.90. The Morgan fingerprint density at radius 1 is 1.03 bits per heavy atom. The third kappa shape index (κ3) is 4.40. The maximum absolute atomic E-state index is 13.2. The van der Waals surface area contributed by atoms with Crippen molar-refractivity contribution in [2.45, 2.75) is 25.9 Å². The highest BCUT2D eigenvalue weighted by molar-refractivity contribution is 8.03. The summed E-state index contributed by atoms with van der Waals surface area (Å²) in [5.74, 6) is 1.29. The molecule has 3 aromatic carbocycles. The summed E-state index contributed by atoms with van der Waals surface area (Å²) in [5, 5.41) is 10.8. The van der Waals surface area contributed by atoms with Crippen LogP contribution in [0.25, 0.3) is 0 Å². The van der Waals surface area contributed by atoms with Gasteiger partial charge in [0.1, 0.15) is 12.4 Å². The highest BCUT2D eigenvalue weighted by Gasteiger charge is 2.38. The molecule has 170 valence electrons. The van der Waals surface area contributed by atoms with Crippen molar-refractivity contribution in [2.24, 2.45) is 0 Å². The van der Waals surface area contributed by atoms with Crippen molar-refractivity contribution < 1.29 is 9.53 Å². The van der Waals surface area contributed by atoms with Gasteiger partial charge in [-0.15, -0.1) is 0 Å². The maximum Gasteiger partial charge on any atom is 0.229 e. The van der Waals surface area contributed by atoms with Gasteiger partial charge in [0.05, 0.1) is 29.2 Å². The van der Waals surface area contributed by atoms with Crippen LogP contribution < -0.4 is 9.64 Å². The number of para-hydroxylation sites is 1. The van der Waals surface area contributed by atoms with Gasteiger partial charge in [0, 0.05) is 18.0 Å². The highest BCUT2D eigenvalue weighted by atomic mass is 32.2. The second-order valence-corrected chi connectivity index (χ2v) is 9.43. The molecule has 0 aromatic heterocycles. The number of anilines is 1. The largest absolute Gasteiger partial charge is 0.489 e. The first-order chi connectivity index (χ1) is 16.6. The van der Waals surface area contributed by atoms with Gasteiger partial charge in [-0.25, -0.2) is 0 Å². The summed E-state index contributed by atoms with van der Waals surface area (Å²) in [5.41, 5.74) is 5.04. The third-order valence-electron chi connectivity index (χ3n) is 6.28. The Hall–Kier alpha value is -3.69. The van der Waals surface area contributed by atoms with Crippen LogP contribution in [0.1, 0.15) is 29.0 Å². The first kappa shape index (κ1) is 22.1. The number of aryl methyl sites for hydroxylation is 1. The van der Waals surface area contributed by atoms with E-state index in [2.05, 4.69) is 30.0 Å². The molecule has 1 saturated heterocycles. The molecule has 0 aliphatic carbocycles. The number of thioether (sulfide) groups is 1. The van der Waals surface area contributed by atoms with Gasteiger partial charge in [-0.1, -0.05) is 72.4 Å². The van der Waals surface area contributed by atoms with E-state index in [9.17, 15) is 10.1 Å². The van der Waals surface area contributed by atoms with Crippen molar-refractivity contribution in [2.75, 3.05) is 17.4 Å². The number of allylic oxidation sites excluding steroid dienone is 1. The highest BCUT2D eigenvalue weighted by Crippen LogP contribution is 2.43. The number of benzene rings is 3. The molecule has 3 aromatic rings. The van der Waals surface area contributed by atoms with Gasteiger partial charge < -0.3 is 9.64 Å². The van der Waals surface area contributed by atoms with Crippen molar-refractivity contribution in [3.05, 3.63) is 106 Å². The number of rotatable bonds is 5. The van der Waals surface area contributed by atoms with Crippen LogP contribution in [0.2, 0.25) is 0 Å². The number of nitrogens with zero attached hydrogens (tertiary/aromatic N) is 3. The van der Waals surface area contributed by atoms with E-state index in [1.807, 2.05) is 66.7 Å². The molecular formula is C28H25N3O2S. The molecule has 1 amide bonds. The van der Waals surface area contributed by atoms with Gasteiger partial charge in [-0.05, 0) is 41.8 Å². The predicted octanol–water partition coefficient (Wildman–Crippen LogP) is 5.79. The molecule has 2 aliphatic heterocycles. The number of hydrogen-bond donors (Lipinski definition) is 0. The normalized spacial score (nSPS) is 17.9. The van der Waals surface area contributed by atoms with Crippen molar-refractivity contribution >= 4 is 23.4 Å². The number of amides is 1. The fourth-order valence-electron chi connectivity index (χ4n) is 4.46. The maximum atomic E-state index is 13.2. The fourth-order valence-corrected chi connectivity index (χ4v) is 5.61. The molecule has 2 aliphatic rings. The summed E-state index contributed by atoms with van der Waals surface area (Å²) >= 11 is 1.57. The standard InChI is InChI=1S/C28H25N3O2S/c1-20-7-5-6-10-26(20)30-18-31-27(32)15-24(25(16-29)28(31)34-19-30)22-11-13-23(14-12-22)33-17-21-8-3-2-4-9-21/h2-14,24H,15,17-19H2,1H3/t24-/m1/s1. The van der Waals surface area contributed by atoms with E-state index in [4.69, 9.17) is 4.74 Å². The molecule has 0 spiro atoms. The molecule has 5 rings (SSSR count). The van der Waals surface area contributed by atoms with Gasteiger partial charge in [0.2, 0.25) is 5.91 Å². The van der Waals surface area contributed by atoms with E-state index >= 15 is 0 Å². The zero-order valence-electron chi connectivity index (χ0n) is 19.0. The molecule has 1 atom stereocenters. The SMILES string of the molecule is Cc1ccccc1N1CSC2=C(C#N)[C@@H](c3ccc(OCc4ccccc4)cc3)CC(=O)N2C1. The molecule has 2 heterocycles. The van der Waals surface area contributed by atoms with Crippen LogP contribution in [-0.2, 0) is 11.4 Å². The molecule has 0 bridgehead atoms. The van der Waals surface area contributed by atoms with Gasteiger partial charge in [0.15, 0.2) is 0 Å². The van der Waals surface area contributed by atoms with Crippen molar-refractivity contribution in [3.63, 3.8) is 0 Å². The molecular weight excluding hydrogens is 442 g/mol. The van der Waals surface area contributed by atoms with E-state index in [0.29, 0.717) is 31.1 Å². The summed E-state index contributed by atoms with van der Waals surface area (Å²) in [7, 11) is 0.